The second kappa shape index (κ2) is 5.54. The van der Waals surface area contributed by atoms with E-state index in [1.165, 1.54) is 11.3 Å². The van der Waals surface area contributed by atoms with Crippen LogP contribution in [0.4, 0.5) is 11.4 Å². The molecule has 2 N–H and O–H groups in total. The van der Waals surface area contributed by atoms with Gasteiger partial charge in [0.15, 0.2) is 0 Å². The SMILES string of the molecule is CCN(C(=O)c1sc2ncccc2c1N)c1ccccc1. The third-order valence-corrected chi connectivity index (χ3v) is 4.45. The van der Waals surface area contributed by atoms with Gasteiger partial charge >= 0.3 is 0 Å². The fourth-order valence-electron chi connectivity index (χ4n) is 2.28. The Kier molecular flexibility index (Phi) is 3.58. The first-order valence-corrected chi connectivity index (χ1v) is 7.54. The van der Waals surface area contributed by atoms with E-state index in [0.717, 1.165) is 15.9 Å². The Labute approximate surface area is 126 Å². The highest BCUT2D eigenvalue weighted by molar-refractivity contribution is 7.21. The summed E-state index contributed by atoms with van der Waals surface area (Å²) in [6.45, 7) is 2.54. The molecular formula is C16H15N3OS. The molecule has 0 aliphatic carbocycles. The molecule has 106 valence electrons. The predicted octanol–water partition coefficient (Wildman–Crippen LogP) is 3.55. The quantitative estimate of drug-likeness (QED) is 0.804. The summed E-state index contributed by atoms with van der Waals surface area (Å²) in [5, 5.41) is 0.843. The molecule has 0 bridgehead atoms. The first-order valence-electron chi connectivity index (χ1n) is 6.72. The van der Waals surface area contributed by atoms with Crippen LogP contribution in [-0.2, 0) is 0 Å². The maximum Gasteiger partial charge on any atom is 0.270 e. The Balaban J connectivity index is 2.05. The predicted molar refractivity (Wildman–Crippen MR) is 87.8 cm³/mol. The third kappa shape index (κ3) is 2.36. The van der Waals surface area contributed by atoms with Gasteiger partial charge in [0.05, 0.1) is 5.69 Å². The van der Waals surface area contributed by atoms with Gasteiger partial charge in [-0.1, -0.05) is 18.2 Å². The van der Waals surface area contributed by atoms with E-state index in [9.17, 15) is 4.79 Å². The number of fused-ring (bicyclic) bond motifs is 1. The van der Waals surface area contributed by atoms with Crippen LogP contribution in [0.1, 0.15) is 16.6 Å². The second-order valence-electron chi connectivity index (χ2n) is 4.59. The average molecular weight is 297 g/mol. The summed E-state index contributed by atoms with van der Waals surface area (Å²) in [6, 6.07) is 13.3. The summed E-state index contributed by atoms with van der Waals surface area (Å²) in [5.74, 6) is -0.0794. The molecule has 4 nitrogen and oxygen atoms in total. The minimum atomic E-state index is -0.0794. The van der Waals surface area contributed by atoms with Gasteiger partial charge in [-0.05, 0) is 31.2 Å². The second-order valence-corrected chi connectivity index (χ2v) is 5.59. The standard InChI is InChI=1S/C16H15N3OS/c1-2-19(11-7-4-3-5-8-11)16(20)14-13(17)12-9-6-10-18-15(12)21-14/h3-10H,2,17H2,1H3. The molecule has 0 unspecified atom stereocenters. The summed E-state index contributed by atoms with van der Waals surface area (Å²) < 4.78 is 0. The zero-order chi connectivity index (χ0) is 14.8. The van der Waals surface area contributed by atoms with Gasteiger partial charge in [0.25, 0.3) is 5.91 Å². The van der Waals surface area contributed by atoms with Crippen LogP contribution in [0.15, 0.2) is 48.7 Å². The molecule has 0 radical (unpaired) electrons. The number of thiophene rings is 1. The van der Waals surface area contributed by atoms with Crippen LogP contribution >= 0.6 is 11.3 Å². The van der Waals surface area contributed by atoms with Gasteiger partial charge in [-0.15, -0.1) is 11.3 Å². The van der Waals surface area contributed by atoms with Crippen LogP contribution in [0.5, 0.6) is 0 Å². The van der Waals surface area contributed by atoms with Gasteiger partial charge in [0.1, 0.15) is 9.71 Å². The van der Waals surface area contributed by atoms with E-state index in [1.807, 2.05) is 49.4 Å². The smallest absolute Gasteiger partial charge is 0.270 e. The first kappa shape index (κ1) is 13.6. The molecule has 2 heterocycles. The van der Waals surface area contributed by atoms with Crippen molar-refractivity contribution in [1.82, 2.24) is 4.98 Å². The van der Waals surface area contributed by atoms with E-state index in [4.69, 9.17) is 5.73 Å². The lowest BCUT2D eigenvalue weighted by molar-refractivity contribution is 0.0993. The molecule has 0 aliphatic heterocycles. The van der Waals surface area contributed by atoms with E-state index in [0.29, 0.717) is 17.1 Å². The molecule has 3 rings (SSSR count). The monoisotopic (exact) mass is 297 g/mol. The number of carbonyl (C=O) groups is 1. The Morgan fingerprint density at radius 3 is 2.67 bits per heavy atom. The van der Waals surface area contributed by atoms with Crippen molar-refractivity contribution in [2.45, 2.75) is 6.92 Å². The lowest BCUT2D eigenvalue weighted by atomic mass is 10.2. The molecule has 0 spiro atoms. The number of carbonyl (C=O) groups excluding carboxylic acids is 1. The van der Waals surface area contributed by atoms with E-state index < -0.39 is 0 Å². The largest absolute Gasteiger partial charge is 0.397 e. The molecule has 3 aromatic rings. The minimum Gasteiger partial charge on any atom is -0.397 e. The summed E-state index contributed by atoms with van der Waals surface area (Å²) in [4.78, 5) is 20.1. The third-order valence-electron chi connectivity index (χ3n) is 3.33. The fraction of sp³-hybridized carbons (Fsp3) is 0.125. The molecule has 0 atom stereocenters. The average Bonchev–Trinajstić information content (AvgIpc) is 2.87. The number of anilines is 2. The molecule has 2 aromatic heterocycles. The Hall–Kier alpha value is -2.40. The number of benzene rings is 1. The summed E-state index contributed by atoms with van der Waals surface area (Å²) >= 11 is 1.34. The van der Waals surface area contributed by atoms with Crippen molar-refractivity contribution in [2.75, 3.05) is 17.2 Å². The van der Waals surface area contributed by atoms with Crippen LogP contribution in [0, 0.1) is 0 Å². The molecular weight excluding hydrogens is 282 g/mol. The number of nitrogens with zero attached hydrogens (tertiary/aromatic N) is 2. The van der Waals surface area contributed by atoms with Gasteiger partial charge < -0.3 is 10.6 Å². The van der Waals surface area contributed by atoms with Gasteiger partial charge in [-0.3, -0.25) is 4.79 Å². The number of nitrogens with two attached hydrogens (primary N) is 1. The Morgan fingerprint density at radius 2 is 2.00 bits per heavy atom. The van der Waals surface area contributed by atoms with Crippen LogP contribution in [0.2, 0.25) is 0 Å². The Bertz CT molecular complexity index is 783. The van der Waals surface area contributed by atoms with Gasteiger partial charge in [-0.2, -0.15) is 0 Å². The van der Waals surface area contributed by atoms with Crippen LogP contribution in [0.25, 0.3) is 10.2 Å². The van der Waals surface area contributed by atoms with Crippen molar-refractivity contribution in [3.63, 3.8) is 0 Å². The zero-order valence-electron chi connectivity index (χ0n) is 11.6. The molecule has 0 aliphatic rings. The first-order chi connectivity index (χ1) is 10.2. The molecule has 1 amide bonds. The van der Waals surface area contributed by atoms with E-state index in [1.54, 1.807) is 11.1 Å². The topological polar surface area (TPSA) is 59.2 Å². The highest BCUT2D eigenvalue weighted by atomic mass is 32.1. The van der Waals surface area contributed by atoms with Crippen molar-refractivity contribution in [3.05, 3.63) is 53.5 Å². The van der Waals surface area contributed by atoms with Gasteiger partial charge in [-0.25, -0.2) is 4.98 Å². The molecule has 0 fully saturated rings. The number of pyridine rings is 1. The van der Waals surface area contributed by atoms with Crippen molar-refractivity contribution < 1.29 is 4.79 Å². The van der Waals surface area contributed by atoms with Crippen LogP contribution in [-0.4, -0.2) is 17.4 Å². The molecule has 21 heavy (non-hydrogen) atoms. The number of aromatic nitrogens is 1. The maximum absolute atomic E-state index is 12.8. The van der Waals surface area contributed by atoms with Gasteiger partial charge in [0.2, 0.25) is 0 Å². The molecule has 1 aromatic carbocycles. The number of nitrogen functional groups attached to an aromatic ring is 1. The number of rotatable bonds is 3. The number of amides is 1. The highest BCUT2D eigenvalue weighted by Crippen LogP contribution is 2.33. The fourth-order valence-corrected chi connectivity index (χ4v) is 3.30. The number of hydrogen-bond acceptors (Lipinski definition) is 4. The normalized spacial score (nSPS) is 10.7. The van der Waals surface area contributed by atoms with E-state index in [2.05, 4.69) is 4.98 Å². The lowest BCUT2D eigenvalue weighted by Gasteiger charge is -2.20. The van der Waals surface area contributed by atoms with E-state index >= 15 is 0 Å². The van der Waals surface area contributed by atoms with E-state index in [-0.39, 0.29) is 5.91 Å². The highest BCUT2D eigenvalue weighted by Gasteiger charge is 2.22. The van der Waals surface area contributed by atoms with Crippen molar-refractivity contribution in [3.8, 4) is 0 Å². The maximum atomic E-state index is 12.8. The Morgan fingerprint density at radius 1 is 1.24 bits per heavy atom. The number of hydrogen-bond donors (Lipinski definition) is 1. The van der Waals surface area contributed by atoms with Crippen molar-refractivity contribution in [2.24, 2.45) is 0 Å². The van der Waals surface area contributed by atoms with Crippen LogP contribution < -0.4 is 10.6 Å². The summed E-state index contributed by atoms with van der Waals surface area (Å²) in [7, 11) is 0. The zero-order valence-corrected chi connectivity index (χ0v) is 12.4. The van der Waals surface area contributed by atoms with Crippen molar-refractivity contribution >= 4 is 38.8 Å². The number of para-hydroxylation sites is 1. The lowest BCUT2D eigenvalue weighted by Crippen LogP contribution is -2.30. The molecule has 0 saturated carbocycles. The molecule has 0 saturated heterocycles. The van der Waals surface area contributed by atoms with Gasteiger partial charge in [0, 0.05) is 23.8 Å². The van der Waals surface area contributed by atoms with Crippen molar-refractivity contribution in [1.29, 1.82) is 0 Å². The van der Waals surface area contributed by atoms with Crippen LogP contribution in [0.3, 0.4) is 0 Å². The summed E-state index contributed by atoms with van der Waals surface area (Å²) in [5.41, 5.74) is 7.52. The summed E-state index contributed by atoms with van der Waals surface area (Å²) in [6.07, 6.45) is 1.71. The minimum absolute atomic E-state index is 0.0794. The molecule has 5 heteroatoms.